The number of anilines is 1. The van der Waals surface area contributed by atoms with E-state index in [1.54, 1.807) is 42.0 Å². The first-order valence-corrected chi connectivity index (χ1v) is 14.3. The number of aliphatic hydroxyl groups is 1. The Morgan fingerprint density at radius 1 is 1.12 bits per heavy atom. The summed E-state index contributed by atoms with van der Waals surface area (Å²) >= 11 is 0. The minimum absolute atomic E-state index is 0.110. The van der Waals surface area contributed by atoms with Gasteiger partial charge in [0.2, 0.25) is 5.91 Å². The Labute approximate surface area is 236 Å². The molecule has 2 aromatic rings. The van der Waals surface area contributed by atoms with E-state index < -0.39 is 6.04 Å². The number of carbonyl (C=O) groups excluding carboxylic acids is 3. The fourth-order valence-corrected chi connectivity index (χ4v) is 5.39. The third-order valence-electron chi connectivity index (χ3n) is 7.89. The highest BCUT2D eigenvalue weighted by Gasteiger charge is 2.34. The zero-order valence-corrected chi connectivity index (χ0v) is 23.8. The lowest BCUT2D eigenvalue weighted by Crippen LogP contribution is -2.52. The van der Waals surface area contributed by atoms with Crippen LogP contribution in [0.15, 0.2) is 48.5 Å². The van der Waals surface area contributed by atoms with E-state index in [0.29, 0.717) is 30.1 Å². The quantitative estimate of drug-likeness (QED) is 0.459. The molecular weight excluding hydrogens is 508 g/mol. The van der Waals surface area contributed by atoms with Crippen molar-refractivity contribution in [1.29, 1.82) is 0 Å². The molecule has 1 aliphatic heterocycles. The van der Waals surface area contributed by atoms with Crippen LogP contribution in [0.1, 0.15) is 61.9 Å². The number of amides is 4. The number of rotatable bonds is 8. The summed E-state index contributed by atoms with van der Waals surface area (Å²) in [6, 6.07) is 14.2. The van der Waals surface area contributed by atoms with Crippen LogP contribution < -0.4 is 15.4 Å². The van der Waals surface area contributed by atoms with Crippen LogP contribution in [0.25, 0.3) is 0 Å². The molecule has 9 nitrogen and oxygen atoms in total. The molecule has 0 saturated heterocycles. The maximum Gasteiger partial charge on any atom is 0.317 e. The van der Waals surface area contributed by atoms with E-state index in [9.17, 15) is 19.5 Å². The predicted molar refractivity (Wildman–Crippen MR) is 154 cm³/mol. The van der Waals surface area contributed by atoms with Crippen molar-refractivity contribution in [3.05, 3.63) is 59.7 Å². The molecule has 1 saturated carbocycles. The minimum Gasteiger partial charge on any atom is -0.487 e. The number of nitrogens with one attached hydrogen (secondary N) is 2. The van der Waals surface area contributed by atoms with E-state index in [1.165, 1.54) is 6.42 Å². The van der Waals surface area contributed by atoms with Gasteiger partial charge in [0.1, 0.15) is 11.9 Å². The fourth-order valence-electron chi connectivity index (χ4n) is 5.39. The van der Waals surface area contributed by atoms with Gasteiger partial charge in [-0.15, -0.1) is 0 Å². The van der Waals surface area contributed by atoms with Crippen LogP contribution in [0.4, 0.5) is 10.5 Å². The van der Waals surface area contributed by atoms with Gasteiger partial charge in [-0.05, 0) is 43.5 Å². The van der Waals surface area contributed by atoms with Crippen molar-refractivity contribution in [3.63, 3.8) is 0 Å². The Balaban J connectivity index is 1.53. The molecule has 3 atom stereocenters. The molecule has 0 aromatic heterocycles. The molecule has 0 bridgehead atoms. The smallest absolute Gasteiger partial charge is 0.317 e. The van der Waals surface area contributed by atoms with Crippen LogP contribution in [0.5, 0.6) is 5.75 Å². The highest BCUT2D eigenvalue weighted by atomic mass is 16.5. The van der Waals surface area contributed by atoms with Crippen LogP contribution in [-0.4, -0.2) is 77.7 Å². The number of hydrogen-bond acceptors (Lipinski definition) is 5. The van der Waals surface area contributed by atoms with Crippen molar-refractivity contribution in [1.82, 2.24) is 15.1 Å². The van der Waals surface area contributed by atoms with E-state index in [1.807, 2.05) is 37.3 Å². The van der Waals surface area contributed by atoms with E-state index in [0.717, 1.165) is 31.2 Å². The van der Waals surface area contributed by atoms with Gasteiger partial charge in [-0.25, -0.2) is 4.79 Å². The lowest BCUT2D eigenvalue weighted by Gasteiger charge is -2.38. The van der Waals surface area contributed by atoms with E-state index in [2.05, 4.69) is 10.6 Å². The van der Waals surface area contributed by atoms with Gasteiger partial charge in [0, 0.05) is 31.2 Å². The van der Waals surface area contributed by atoms with Gasteiger partial charge in [-0.2, -0.15) is 0 Å². The van der Waals surface area contributed by atoms with Crippen LogP contribution in [0.2, 0.25) is 0 Å². The van der Waals surface area contributed by atoms with Gasteiger partial charge >= 0.3 is 6.03 Å². The fraction of sp³-hybridized carbons (Fsp3) is 0.516. The van der Waals surface area contributed by atoms with Gasteiger partial charge in [0.15, 0.2) is 0 Å². The molecule has 4 rings (SSSR count). The summed E-state index contributed by atoms with van der Waals surface area (Å²) in [5, 5.41) is 15.9. The Morgan fingerprint density at radius 3 is 2.55 bits per heavy atom. The zero-order chi connectivity index (χ0) is 28.6. The first-order chi connectivity index (χ1) is 19.2. The molecule has 1 aliphatic carbocycles. The monoisotopic (exact) mass is 550 g/mol. The van der Waals surface area contributed by atoms with Crippen molar-refractivity contribution >= 4 is 23.5 Å². The maximum atomic E-state index is 13.7. The number of fused-ring (bicyclic) bond motifs is 1. The van der Waals surface area contributed by atoms with Gasteiger partial charge in [-0.1, -0.05) is 56.5 Å². The number of hydrogen-bond donors (Lipinski definition) is 3. The average molecular weight is 551 g/mol. The topological polar surface area (TPSA) is 111 Å². The second-order valence-corrected chi connectivity index (χ2v) is 11.2. The highest BCUT2D eigenvalue weighted by Crippen LogP contribution is 2.31. The molecule has 1 fully saturated rings. The molecule has 2 aromatic carbocycles. The molecule has 9 heteroatoms. The van der Waals surface area contributed by atoms with Crippen LogP contribution in [-0.2, 0) is 11.2 Å². The number of urea groups is 1. The van der Waals surface area contributed by atoms with Gasteiger partial charge in [0.05, 0.1) is 31.2 Å². The SMILES string of the molecule is C[C@@H]1CN([C@@H](C)CO)C(=O)c2cc(NC(=O)Cc3ccccc3)ccc2O[C@@H]1CN(C)C(=O)NC1CCCCC1. The first-order valence-electron chi connectivity index (χ1n) is 14.3. The Hall–Kier alpha value is -3.59. The normalized spacial score (nSPS) is 20.4. The zero-order valence-electron chi connectivity index (χ0n) is 23.8. The first kappa shape index (κ1) is 29.4. The van der Waals surface area contributed by atoms with E-state index in [-0.39, 0.29) is 48.9 Å². The highest BCUT2D eigenvalue weighted by molar-refractivity contribution is 6.00. The van der Waals surface area contributed by atoms with Crippen LogP contribution >= 0.6 is 0 Å². The number of likely N-dealkylation sites (N-methyl/N-ethyl adjacent to an activating group) is 1. The van der Waals surface area contributed by atoms with Crippen molar-refractivity contribution in [2.45, 2.75) is 70.6 Å². The number of ether oxygens (including phenoxy) is 1. The predicted octanol–water partition coefficient (Wildman–Crippen LogP) is 4.06. The lowest BCUT2D eigenvalue weighted by molar-refractivity contribution is -0.115. The molecule has 4 amide bonds. The molecule has 0 spiro atoms. The molecule has 2 aliphatic rings. The molecule has 0 unspecified atom stereocenters. The molecule has 0 radical (unpaired) electrons. The Kier molecular flexibility index (Phi) is 10.0. The van der Waals surface area contributed by atoms with Crippen molar-refractivity contribution < 1.29 is 24.2 Å². The summed E-state index contributed by atoms with van der Waals surface area (Å²) in [4.78, 5) is 42.6. The molecule has 40 heavy (non-hydrogen) atoms. The standard InChI is InChI=1S/C31H42N4O5/c1-21-18-35(22(2)20-36)30(38)26-17-25(32-29(37)16-23-10-6-4-7-11-23)14-15-27(26)40-28(21)19-34(3)31(39)33-24-12-8-5-9-13-24/h4,6-7,10-11,14-15,17,21-22,24,28,36H,5,8-9,12-13,16,18-20H2,1-3H3,(H,32,37)(H,33,39)/t21-,22+,28-/m1/s1. The van der Waals surface area contributed by atoms with Crippen molar-refractivity contribution in [3.8, 4) is 5.75 Å². The summed E-state index contributed by atoms with van der Waals surface area (Å²) in [5.74, 6) is -0.187. The van der Waals surface area contributed by atoms with E-state index in [4.69, 9.17) is 4.74 Å². The van der Waals surface area contributed by atoms with Gasteiger partial charge < -0.3 is 30.3 Å². The van der Waals surface area contributed by atoms with E-state index >= 15 is 0 Å². The Morgan fingerprint density at radius 2 is 1.85 bits per heavy atom. The lowest BCUT2D eigenvalue weighted by atomic mass is 9.96. The molecule has 1 heterocycles. The number of nitrogens with zero attached hydrogens (tertiary/aromatic N) is 2. The third-order valence-corrected chi connectivity index (χ3v) is 7.89. The van der Waals surface area contributed by atoms with Crippen LogP contribution in [0.3, 0.4) is 0 Å². The van der Waals surface area contributed by atoms with Crippen molar-refractivity contribution in [2.24, 2.45) is 5.92 Å². The number of aliphatic hydroxyl groups excluding tert-OH is 1. The number of benzene rings is 2. The third kappa shape index (κ3) is 7.53. The van der Waals surface area contributed by atoms with Crippen molar-refractivity contribution in [2.75, 3.05) is 32.1 Å². The number of carbonyl (C=O) groups is 3. The summed E-state index contributed by atoms with van der Waals surface area (Å²) < 4.78 is 6.40. The average Bonchev–Trinajstić information content (AvgIpc) is 2.95. The molecule has 3 N–H and O–H groups in total. The van der Waals surface area contributed by atoms with Gasteiger partial charge in [-0.3, -0.25) is 9.59 Å². The minimum atomic E-state index is -0.412. The largest absolute Gasteiger partial charge is 0.487 e. The second kappa shape index (κ2) is 13.7. The summed E-state index contributed by atoms with van der Waals surface area (Å²) in [6.07, 6.45) is 5.32. The molecular formula is C31H42N4O5. The molecule has 216 valence electrons. The van der Waals surface area contributed by atoms with Gasteiger partial charge in [0.25, 0.3) is 5.91 Å². The van der Waals surface area contributed by atoms with Crippen LogP contribution in [0, 0.1) is 5.92 Å². The maximum absolute atomic E-state index is 13.7. The summed E-state index contributed by atoms with van der Waals surface area (Å²) in [7, 11) is 1.76. The second-order valence-electron chi connectivity index (χ2n) is 11.2. The summed E-state index contributed by atoms with van der Waals surface area (Å²) in [6.45, 7) is 4.30. The summed E-state index contributed by atoms with van der Waals surface area (Å²) in [5.41, 5.74) is 1.69. The Bertz CT molecular complexity index is 1170.